The first kappa shape index (κ1) is 18.4. The van der Waals surface area contributed by atoms with Gasteiger partial charge in [-0.05, 0) is 37.9 Å². The summed E-state index contributed by atoms with van der Waals surface area (Å²) in [7, 11) is 0. The Balaban J connectivity index is 1.43. The van der Waals surface area contributed by atoms with Gasteiger partial charge in [-0.2, -0.15) is 0 Å². The molecule has 2 fully saturated rings. The molecular formula is C20H30N2O3. The molecule has 5 heteroatoms. The van der Waals surface area contributed by atoms with Gasteiger partial charge >= 0.3 is 0 Å². The molecule has 0 bridgehead atoms. The Bertz CT molecular complexity index is 517. The summed E-state index contributed by atoms with van der Waals surface area (Å²) in [4.78, 5) is 16.9. The minimum absolute atomic E-state index is 0.0741. The van der Waals surface area contributed by atoms with Crippen molar-refractivity contribution in [3.05, 3.63) is 35.9 Å². The van der Waals surface area contributed by atoms with Crippen molar-refractivity contribution in [2.45, 2.75) is 38.4 Å². The van der Waals surface area contributed by atoms with Gasteiger partial charge < -0.3 is 19.3 Å². The number of rotatable bonds is 6. The molecule has 25 heavy (non-hydrogen) atoms. The molecule has 0 saturated carbocycles. The Morgan fingerprint density at radius 1 is 1.08 bits per heavy atom. The van der Waals surface area contributed by atoms with E-state index in [1.165, 1.54) is 19.3 Å². The SMILES string of the molecule is O=C(COCc1ccccc1)N1CCCOC(CN2CCCCC2)C1. The van der Waals surface area contributed by atoms with Gasteiger partial charge in [0, 0.05) is 26.2 Å². The normalized spacial score (nSPS) is 22.6. The lowest BCUT2D eigenvalue weighted by Gasteiger charge is -2.31. The van der Waals surface area contributed by atoms with Crippen molar-refractivity contribution in [3.63, 3.8) is 0 Å². The zero-order valence-corrected chi connectivity index (χ0v) is 15.1. The van der Waals surface area contributed by atoms with Crippen molar-refractivity contribution in [3.8, 4) is 0 Å². The highest BCUT2D eigenvalue weighted by Crippen LogP contribution is 2.13. The van der Waals surface area contributed by atoms with Crippen LogP contribution in [0.15, 0.2) is 30.3 Å². The largest absolute Gasteiger partial charge is 0.375 e. The molecule has 1 atom stereocenters. The van der Waals surface area contributed by atoms with Gasteiger partial charge in [0.25, 0.3) is 0 Å². The van der Waals surface area contributed by atoms with E-state index in [1.54, 1.807) is 0 Å². The second-order valence-corrected chi connectivity index (χ2v) is 7.03. The summed E-state index contributed by atoms with van der Waals surface area (Å²) in [6.45, 7) is 6.08. The number of hydrogen-bond acceptors (Lipinski definition) is 4. The molecule has 138 valence electrons. The standard InChI is InChI=1S/C20H30N2O3/c23-20(17-24-16-18-8-3-1-4-9-18)22-12-7-13-25-19(15-22)14-21-10-5-2-6-11-21/h1,3-4,8-9,19H,2,5-7,10-17H2. The summed E-state index contributed by atoms with van der Waals surface area (Å²) in [5.74, 6) is 0.0741. The fourth-order valence-corrected chi connectivity index (χ4v) is 3.58. The van der Waals surface area contributed by atoms with Crippen molar-refractivity contribution in [2.75, 3.05) is 45.9 Å². The predicted octanol–water partition coefficient (Wildman–Crippen LogP) is 2.31. The Morgan fingerprint density at radius 3 is 2.68 bits per heavy atom. The van der Waals surface area contributed by atoms with Crippen molar-refractivity contribution >= 4 is 5.91 Å². The highest BCUT2D eigenvalue weighted by atomic mass is 16.5. The predicted molar refractivity (Wildman–Crippen MR) is 97.3 cm³/mol. The number of amides is 1. The van der Waals surface area contributed by atoms with Crippen LogP contribution in [0, 0.1) is 0 Å². The Hall–Kier alpha value is -1.43. The van der Waals surface area contributed by atoms with E-state index in [0.717, 1.165) is 44.8 Å². The first-order valence-corrected chi connectivity index (χ1v) is 9.54. The minimum atomic E-state index is 0.0741. The molecule has 2 aliphatic heterocycles. The number of ether oxygens (including phenoxy) is 2. The summed E-state index contributed by atoms with van der Waals surface area (Å²) >= 11 is 0. The third-order valence-electron chi connectivity index (χ3n) is 4.95. The van der Waals surface area contributed by atoms with Crippen LogP contribution in [-0.4, -0.2) is 67.7 Å². The van der Waals surface area contributed by atoms with Gasteiger partial charge in [0.15, 0.2) is 0 Å². The average Bonchev–Trinajstić information content (AvgIpc) is 2.89. The van der Waals surface area contributed by atoms with Gasteiger partial charge in [0.2, 0.25) is 5.91 Å². The number of carbonyl (C=O) groups excluding carboxylic acids is 1. The van der Waals surface area contributed by atoms with E-state index in [2.05, 4.69) is 4.90 Å². The molecule has 1 unspecified atom stereocenters. The van der Waals surface area contributed by atoms with Crippen LogP contribution in [0.4, 0.5) is 0 Å². The number of benzene rings is 1. The van der Waals surface area contributed by atoms with Gasteiger partial charge in [-0.25, -0.2) is 0 Å². The number of piperidine rings is 1. The van der Waals surface area contributed by atoms with Crippen molar-refractivity contribution in [1.29, 1.82) is 0 Å². The smallest absolute Gasteiger partial charge is 0.248 e. The van der Waals surface area contributed by atoms with E-state index in [-0.39, 0.29) is 18.6 Å². The van der Waals surface area contributed by atoms with Crippen LogP contribution < -0.4 is 0 Å². The third kappa shape index (κ3) is 6.10. The highest BCUT2D eigenvalue weighted by Gasteiger charge is 2.24. The molecular weight excluding hydrogens is 316 g/mol. The van der Waals surface area contributed by atoms with E-state index in [9.17, 15) is 4.79 Å². The second kappa shape index (κ2) is 9.90. The number of nitrogens with zero attached hydrogens (tertiary/aromatic N) is 2. The Morgan fingerprint density at radius 2 is 1.88 bits per heavy atom. The van der Waals surface area contributed by atoms with Gasteiger partial charge in [-0.1, -0.05) is 36.8 Å². The molecule has 1 aromatic carbocycles. The molecule has 0 aromatic heterocycles. The molecule has 2 aliphatic rings. The van der Waals surface area contributed by atoms with E-state index in [4.69, 9.17) is 9.47 Å². The highest BCUT2D eigenvalue weighted by molar-refractivity contribution is 5.77. The van der Waals surface area contributed by atoms with Crippen LogP contribution in [0.1, 0.15) is 31.2 Å². The quantitative estimate of drug-likeness (QED) is 0.793. The molecule has 0 aliphatic carbocycles. The summed E-state index contributed by atoms with van der Waals surface area (Å²) in [6, 6.07) is 9.97. The van der Waals surface area contributed by atoms with Gasteiger partial charge in [-0.3, -0.25) is 4.79 Å². The Kier molecular flexibility index (Phi) is 7.27. The van der Waals surface area contributed by atoms with Crippen molar-refractivity contribution in [1.82, 2.24) is 9.80 Å². The summed E-state index contributed by atoms with van der Waals surface area (Å²) in [5, 5.41) is 0. The summed E-state index contributed by atoms with van der Waals surface area (Å²) < 4.78 is 11.6. The van der Waals surface area contributed by atoms with Gasteiger partial charge in [-0.15, -0.1) is 0 Å². The topological polar surface area (TPSA) is 42.0 Å². The lowest BCUT2D eigenvalue weighted by Crippen LogP contribution is -2.44. The van der Waals surface area contributed by atoms with Crippen LogP contribution >= 0.6 is 0 Å². The van der Waals surface area contributed by atoms with E-state index in [1.807, 2.05) is 35.2 Å². The molecule has 0 N–H and O–H groups in total. The fourth-order valence-electron chi connectivity index (χ4n) is 3.58. The van der Waals surface area contributed by atoms with E-state index < -0.39 is 0 Å². The number of likely N-dealkylation sites (tertiary alicyclic amines) is 1. The zero-order valence-electron chi connectivity index (χ0n) is 15.1. The molecule has 0 spiro atoms. The van der Waals surface area contributed by atoms with Gasteiger partial charge in [0.05, 0.1) is 12.7 Å². The maximum absolute atomic E-state index is 12.5. The van der Waals surface area contributed by atoms with Crippen LogP contribution in [0.3, 0.4) is 0 Å². The van der Waals surface area contributed by atoms with Crippen molar-refractivity contribution in [2.24, 2.45) is 0 Å². The molecule has 3 rings (SSSR count). The molecule has 2 heterocycles. The minimum Gasteiger partial charge on any atom is -0.375 e. The monoisotopic (exact) mass is 346 g/mol. The summed E-state index contributed by atoms with van der Waals surface area (Å²) in [6.07, 6.45) is 4.93. The molecule has 2 saturated heterocycles. The van der Waals surface area contributed by atoms with Crippen LogP contribution in [0.25, 0.3) is 0 Å². The second-order valence-electron chi connectivity index (χ2n) is 7.03. The van der Waals surface area contributed by atoms with Crippen LogP contribution in [0.5, 0.6) is 0 Å². The number of hydrogen-bond donors (Lipinski definition) is 0. The van der Waals surface area contributed by atoms with E-state index in [0.29, 0.717) is 13.2 Å². The lowest BCUT2D eigenvalue weighted by atomic mass is 10.1. The molecule has 0 radical (unpaired) electrons. The lowest BCUT2D eigenvalue weighted by molar-refractivity contribution is -0.137. The first-order chi connectivity index (χ1) is 12.3. The Labute approximate surface area is 150 Å². The molecule has 5 nitrogen and oxygen atoms in total. The van der Waals surface area contributed by atoms with Crippen LogP contribution in [-0.2, 0) is 20.9 Å². The van der Waals surface area contributed by atoms with E-state index >= 15 is 0 Å². The maximum atomic E-state index is 12.5. The van der Waals surface area contributed by atoms with Crippen molar-refractivity contribution < 1.29 is 14.3 Å². The molecule has 1 aromatic rings. The van der Waals surface area contributed by atoms with Gasteiger partial charge in [0.1, 0.15) is 6.61 Å². The number of carbonyl (C=O) groups is 1. The molecule has 1 amide bonds. The summed E-state index contributed by atoms with van der Waals surface area (Å²) in [5.41, 5.74) is 1.09. The zero-order chi connectivity index (χ0) is 17.3. The average molecular weight is 346 g/mol. The van der Waals surface area contributed by atoms with Crippen LogP contribution in [0.2, 0.25) is 0 Å². The third-order valence-corrected chi connectivity index (χ3v) is 4.95. The maximum Gasteiger partial charge on any atom is 0.248 e. The fraction of sp³-hybridized carbons (Fsp3) is 0.650. The first-order valence-electron chi connectivity index (χ1n) is 9.54.